The largest absolute Gasteiger partial charge is 0.395 e. The van der Waals surface area contributed by atoms with Gasteiger partial charge in [-0.15, -0.1) is 0 Å². The molecule has 0 spiro atoms. The van der Waals surface area contributed by atoms with E-state index < -0.39 is 0 Å². The summed E-state index contributed by atoms with van der Waals surface area (Å²) >= 11 is 0. The van der Waals surface area contributed by atoms with E-state index in [1.54, 1.807) is 6.92 Å². The zero-order valence-electron chi connectivity index (χ0n) is 16.1. The van der Waals surface area contributed by atoms with Gasteiger partial charge in [-0.05, 0) is 81.5 Å². The van der Waals surface area contributed by atoms with Crippen LogP contribution < -0.4 is 0 Å². The molecule has 0 saturated heterocycles. The summed E-state index contributed by atoms with van der Waals surface area (Å²) in [4.78, 5) is 12.2. The van der Waals surface area contributed by atoms with E-state index in [4.69, 9.17) is 4.74 Å². The Kier molecular flexibility index (Phi) is 4.39. The Morgan fingerprint density at radius 1 is 1.24 bits per heavy atom. The molecule has 0 aromatic carbocycles. The average Bonchev–Trinajstić information content (AvgIpc) is 2.98. The number of hydrogen-bond donors (Lipinski definition) is 1. The Morgan fingerprint density at radius 2 is 2.04 bits per heavy atom. The monoisotopic (exact) mass is 346 g/mol. The first kappa shape index (κ1) is 17.7. The highest BCUT2D eigenvalue weighted by molar-refractivity contribution is 5.79. The van der Waals surface area contributed by atoms with Gasteiger partial charge in [-0.1, -0.05) is 18.6 Å². The summed E-state index contributed by atoms with van der Waals surface area (Å²) in [6, 6.07) is 0. The molecule has 3 fully saturated rings. The Labute approximate surface area is 152 Å². The normalized spacial score (nSPS) is 49.0. The fourth-order valence-electron chi connectivity index (χ4n) is 7.59. The van der Waals surface area contributed by atoms with E-state index in [-0.39, 0.29) is 23.4 Å². The highest BCUT2D eigenvalue weighted by Crippen LogP contribution is 2.66. The van der Waals surface area contributed by atoms with Crippen LogP contribution in [0.1, 0.15) is 65.2 Å². The maximum absolute atomic E-state index is 12.2. The van der Waals surface area contributed by atoms with Gasteiger partial charge in [-0.25, -0.2) is 0 Å². The number of fused-ring (bicyclic) bond motifs is 5. The minimum Gasteiger partial charge on any atom is -0.395 e. The van der Waals surface area contributed by atoms with E-state index in [9.17, 15) is 9.90 Å². The molecule has 4 aliphatic carbocycles. The topological polar surface area (TPSA) is 46.5 Å². The second-order valence-electron chi connectivity index (χ2n) is 9.54. The first-order valence-corrected chi connectivity index (χ1v) is 10.3. The molecule has 4 aliphatic rings. The van der Waals surface area contributed by atoms with E-state index in [0.717, 1.165) is 38.5 Å². The van der Waals surface area contributed by atoms with Crippen LogP contribution in [0, 0.1) is 34.5 Å². The van der Waals surface area contributed by atoms with Crippen molar-refractivity contribution >= 4 is 5.78 Å². The quantitative estimate of drug-likeness (QED) is 0.781. The molecular formula is C22H34O3. The predicted octanol–water partition coefficient (Wildman–Crippen LogP) is 4.14. The van der Waals surface area contributed by atoms with Crippen LogP contribution in [0.3, 0.4) is 0 Å². The number of Topliss-reactive ketones (excluding diaryl/α,β-unsaturated/α-hetero) is 1. The summed E-state index contributed by atoms with van der Waals surface area (Å²) in [5.74, 6) is 2.56. The molecule has 25 heavy (non-hydrogen) atoms. The van der Waals surface area contributed by atoms with Gasteiger partial charge in [0.05, 0.1) is 12.7 Å². The second kappa shape index (κ2) is 6.20. The lowest BCUT2D eigenvalue weighted by Gasteiger charge is -2.58. The molecular weight excluding hydrogens is 312 g/mol. The van der Waals surface area contributed by atoms with Crippen LogP contribution in [0.15, 0.2) is 11.6 Å². The second-order valence-corrected chi connectivity index (χ2v) is 9.54. The molecule has 3 saturated carbocycles. The molecule has 0 aliphatic heterocycles. The maximum atomic E-state index is 12.2. The zero-order chi connectivity index (χ0) is 17.8. The lowest BCUT2D eigenvalue weighted by molar-refractivity contribution is -0.128. The highest BCUT2D eigenvalue weighted by atomic mass is 16.5. The van der Waals surface area contributed by atoms with E-state index in [1.807, 2.05) is 7.11 Å². The molecule has 1 N–H and O–H groups in total. The lowest BCUT2D eigenvalue weighted by Crippen LogP contribution is -2.53. The molecule has 0 aromatic heterocycles. The molecule has 7 atom stereocenters. The third kappa shape index (κ3) is 2.41. The number of ether oxygens (including phenoxy) is 1. The molecule has 0 aromatic rings. The van der Waals surface area contributed by atoms with Crippen molar-refractivity contribution < 1.29 is 14.6 Å². The van der Waals surface area contributed by atoms with E-state index >= 15 is 0 Å². The lowest BCUT2D eigenvalue weighted by atomic mass is 9.47. The average molecular weight is 347 g/mol. The van der Waals surface area contributed by atoms with Crippen molar-refractivity contribution in [3.05, 3.63) is 11.6 Å². The number of methoxy groups -OCH3 is 1. The summed E-state index contributed by atoms with van der Waals surface area (Å²) < 4.78 is 5.63. The zero-order valence-corrected chi connectivity index (χ0v) is 16.1. The Hall–Kier alpha value is -0.670. The van der Waals surface area contributed by atoms with Crippen LogP contribution in [0.2, 0.25) is 0 Å². The van der Waals surface area contributed by atoms with Gasteiger partial charge < -0.3 is 9.84 Å². The van der Waals surface area contributed by atoms with Crippen molar-refractivity contribution in [1.29, 1.82) is 0 Å². The number of allylic oxidation sites excluding steroid dienone is 1. The van der Waals surface area contributed by atoms with Crippen LogP contribution in [0.5, 0.6) is 0 Å². The van der Waals surface area contributed by atoms with E-state index in [0.29, 0.717) is 29.6 Å². The molecule has 0 radical (unpaired) electrons. The van der Waals surface area contributed by atoms with Crippen molar-refractivity contribution in [2.24, 2.45) is 34.5 Å². The minimum atomic E-state index is -0.00636. The van der Waals surface area contributed by atoms with Gasteiger partial charge in [-0.3, -0.25) is 4.79 Å². The SMILES string of the molecule is CO[C@H]1CC[C@@]2(CO)C(=CC[C@@H]3[C@@H]2CC[C@]2(C)[C@@H](C(C)=O)CC[C@@H]32)C1. The number of carbonyl (C=O) groups excluding carboxylic acids is 1. The van der Waals surface area contributed by atoms with Crippen molar-refractivity contribution in [3.8, 4) is 0 Å². The van der Waals surface area contributed by atoms with E-state index in [1.165, 1.54) is 18.4 Å². The van der Waals surface area contributed by atoms with Crippen molar-refractivity contribution in [3.63, 3.8) is 0 Å². The number of carbonyl (C=O) groups is 1. The molecule has 0 heterocycles. The molecule has 140 valence electrons. The number of hydrogen-bond acceptors (Lipinski definition) is 3. The van der Waals surface area contributed by atoms with Crippen LogP contribution in [-0.2, 0) is 9.53 Å². The van der Waals surface area contributed by atoms with Crippen molar-refractivity contribution in [2.75, 3.05) is 13.7 Å². The van der Waals surface area contributed by atoms with Crippen molar-refractivity contribution in [1.82, 2.24) is 0 Å². The van der Waals surface area contributed by atoms with E-state index in [2.05, 4.69) is 13.0 Å². The number of ketones is 1. The minimum absolute atomic E-state index is 0.00636. The number of aliphatic hydroxyl groups excluding tert-OH is 1. The summed E-state index contributed by atoms with van der Waals surface area (Å²) in [6.45, 7) is 4.47. The van der Waals surface area contributed by atoms with Crippen LogP contribution in [0.25, 0.3) is 0 Å². The van der Waals surface area contributed by atoms with Gasteiger partial charge in [0.15, 0.2) is 0 Å². The third-order valence-corrected chi connectivity index (χ3v) is 8.89. The summed E-state index contributed by atoms with van der Waals surface area (Å²) in [6.07, 6.45) is 11.7. The predicted molar refractivity (Wildman–Crippen MR) is 98.1 cm³/mol. The first-order chi connectivity index (χ1) is 12.0. The molecule has 0 amide bonds. The molecule has 0 unspecified atom stereocenters. The Bertz CT molecular complexity index is 582. The first-order valence-electron chi connectivity index (χ1n) is 10.3. The van der Waals surface area contributed by atoms with Gasteiger partial charge >= 0.3 is 0 Å². The standard InChI is InChI=1S/C22H34O3/c1-14(24)18-6-7-19-17-5-4-15-12-16(25-3)8-11-22(15,13-23)20(17)9-10-21(18,19)2/h4,16-20,23H,5-13H2,1-3H3/t16-,17-,18+,19-,20-,21+,22+/m0/s1. The third-order valence-electron chi connectivity index (χ3n) is 8.89. The summed E-state index contributed by atoms with van der Waals surface area (Å²) in [5, 5.41) is 10.5. The highest BCUT2D eigenvalue weighted by Gasteiger charge is 2.60. The van der Waals surface area contributed by atoms with Crippen LogP contribution in [0.4, 0.5) is 0 Å². The smallest absolute Gasteiger partial charge is 0.133 e. The number of aliphatic hydroxyl groups is 1. The Morgan fingerprint density at radius 3 is 2.72 bits per heavy atom. The Balaban J connectivity index is 1.66. The van der Waals surface area contributed by atoms with Crippen molar-refractivity contribution in [2.45, 2.75) is 71.3 Å². The van der Waals surface area contributed by atoms with Gasteiger partial charge in [0, 0.05) is 18.4 Å². The van der Waals surface area contributed by atoms with Gasteiger partial charge in [0.1, 0.15) is 5.78 Å². The van der Waals surface area contributed by atoms with Gasteiger partial charge in [0.2, 0.25) is 0 Å². The summed E-state index contributed by atoms with van der Waals surface area (Å²) in [7, 11) is 1.81. The molecule has 0 bridgehead atoms. The number of rotatable bonds is 3. The van der Waals surface area contributed by atoms with Crippen LogP contribution >= 0.6 is 0 Å². The fraction of sp³-hybridized carbons (Fsp3) is 0.864. The molecule has 4 rings (SSSR count). The van der Waals surface area contributed by atoms with Crippen LogP contribution in [-0.4, -0.2) is 30.7 Å². The van der Waals surface area contributed by atoms with Gasteiger partial charge in [0.25, 0.3) is 0 Å². The molecule has 3 heteroatoms. The summed E-state index contributed by atoms with van der Waals surface area (Å²) in [5.41, 5.74) is 1.66. The fourth-order valence-corrected chi connectivity index (χ4v) is 7.59. The maximum Gasteiger partial charge on any atom is 0.133 e. The molecule has 3 nitrogen and oxygen atoms in total. The van der Waals surface area contributed by atoms with Gasteiger partial charge in [-0.2, -0.15) is 0 Å².